The number of aromatic nitrogens is 4. The Balaban J connectivity index is 1.39. The Bertz CT molecular complexity index is 1050. The summed E-state index contributed by atoms with van der Waals surface area (Å²) in [7, 11) is 0. The SMILES string of the molecule is O=C1COc2ccc(C(=O)COC(=O)c3ccc(-n4cnnn4)cc3)cc2N1. The molecule has 0 unspecified atom stereocenters. The van der Waals surface area contributed by atoms with E-state index < -0.39 is 18.4 Å². The smallest absolute Gasteiger partial charge is 0.338 e. The van der Waals surface area contributed by atoms with Crippen LogP contribution in [0.15, 0.2) is 48.8 Å². The Kier molecular flexibility index (Phi) is 4.50. The van der Waals surface area contributed by atoms with Crippen LogP contribution >= 0.6 is 0 Å². The molecule has 2 heterocycles. The van der Waals surface area contributed by atoms with Gasteiger partial charge in [0.15, 0.2) is 19.0 Å². The number of hydrogen-bond acceptors (Lipinski definition) is 8. The average molecular weight is 379 g/mol. The molecule has 3 aromatic rings. The van der Waals surface area contributed by atoms with Gasteiger partial charge >= 0.3 is 5.97 Å². The predicted octanol–water partition coefficient (Wildman–Crippen LogP) is 1.03. The van der Waals surface area contributed by atoms with E-state index in [0.717, 1.165) is 0 Å². The van der Waals surface area contributed by atoms with Gasteiger partial charge in [-0.15, -0.1) is 5.10 Å². The average Bonchev–Trinajstić information content (AvgIpc) is 3.26. The van der Waals surface area contributed by atoms with Crippen molar-refractivity contribution in [2.45, 2.75) is 0 Å². The lowest BCUT2D eigenvalue weighted by Crippen LogP contribution is -2.25. The third kappa shape index (κ3) is 3.56. The zero-order valence-electron chi connectivity index (χ0n) is 14.4. The minimum atomic E-state index is -0.633. The molecule has 1 aliphatic rings. The molecule has 4 rings (SSSR count). The maximum absolute atomic E-state index is 12.3. The number of amides is 1. The lowest BCUT2D eigenvalue weighted by atomic mass is 10.1. The van der Waals surface area contributed by atoms with Crippen molar-refractivity contribution in [3.63, 3.8) is 0 Å². The van der Waals surface area contributed by atoms with Gasteiger partial charge in [0.2, 0.25) is 0 Å². The molecule has 10 nitrogen and oxygen atoms in total. The van der Waals surface area contributed by atoms with Crippen LogP contribution in [0.2, 0.25) is 0 Å². The van der Waals surface area contributed by atoms with Crippen LogP contribution < -0.4 is 10.1 Å². The second kappa shape index (κ2) is 7.27. The fraction of sp³-hybridized carbons (Fsp3) is 0.111. The summed E-state index contributed by atoms with van der Waals surface area (Å²) in [5, 5.41) is 13.4. The first kappa shape index (κ1) is 17.3. The van der Waals surface area contributed by atoms with Crippen LogP contribution in [0.4, 0.5) is 5.69 Å². The maximum atomic E-state index is 12.3. The molecular formula is C18H13N5O5. The summed E-state index contributed by atoms with van der Waals surface area (Å²) in [5.41, 5.74) is 1.67. The number of nitrogens with one attached hydrogen (secondary N) is 1. The summed E-state index contributed by atoms with van der Waals surface area (Å²) >= 11 is 0. The van der Waals surface area contributed by atoms with Gasteiger partial charge < -0.3 is 14.8 Å². The summed E-state index contributed by atoms with van der Waals surface area (Å²) < 4.78 is 11.8. The highest BCUT2D eigenvalue weighted by atomic mass is 16.5. The number of nitrogens with zero attached hydrogens (tertiary/aromatic N) is 4. The van der Waals surface area contributed by atoms with Gasteiger partial charge in [-0.3, -0.25) is 9.59 Å². The summed E-state index contributed by atoms with van der Waals surface area (Å²) in [6.45, 7) is -0.495. The highest BCUT2D eigenvalue weighted by Crippen LogP contribution is 2.28. The molecule has 1 aromatic heterocycles. The second-order valence-corrected chi connectivity index (χ2v) is 5.85. The van der Waals surface area contributed by atoms with Gasteiger partial charge in [0.25, 0.3) is 5.91 Å². The number of hydrogen-bond donors (Lipinski definition) is 1. The zero-order valence-corrected chi connectivity index (χ0v) is 14.4. The fourth-order valence-corrected chi connectivity index (χ4v) is 2.58. The Morgan fingerprint density at radius 2 is 1.93 bits per heavy atom. The number of ether oxygens (including phenoxy) is 2. The molecule has 0 bridgehead atoms. The highest BCUT2D eigenvalue weighted by Gasteiger charge is 2.19. The largest absolute Gasteiger partial charge is 0.482 e. The third-order valence-electron chi connectivity index (χ3n) is 3.99. The summed E-state index contributed by atoms with van der Waals surface area (Å²) in [4.78, 5) is 35.8. The van der Waals surface area contributed by atoms with Crippen molar-refractivity contribution in [1.82, 2.24) is 20.2 Å². The third-order valence-corrected chi connectivity index (χ3v) is 3.99. The Hall–Kier alpha value is -4.08. The number of ketones is 1. The number of fused-ring (bicyclic) bond motifs is 1. The number of tetrazole rings is 1. The molecule has 140 valence electrons. The van der Waals surface area contributed by atoms with E-state index in [1.165, 1.54) is 17.1 Å². The lowest BCUT2D eigenvalue weighted by Gasteiger charge is -2.18. The molecule has 0 saturated carbocycles. The van der Waals surface area contributed by atoms with Crippen LogP contribution in [0.5, 0.6) is 5.75 Å². The van der Waals surface area contributed by atoms with Crippen molar-refractivity contribution in [2.75, 3.05) is 18.5 Å². The minimum absolute atomic E-state index is 0.0654. The van der Waals surface area contributed by atoms with E-state index in [2.05, 4.69) is 20.8 Å². The number of rotatable bonds is 5. The van der Waals surface area contributed by atoms with Gasteiger partial charge in [-0.2, -0.15) is 0 Å². The lowest BCUT2D eigenvalue weighted by molar-refractivity contribution is -0.118. The van der Waals surface area contributed by atoms with Gasteiger partial charge in [-0.1, -0.05) is 0 Å². The molecule has 1 amide bonds. The van der Waals surface area contributed by atoms with Crippen molar-refractivity contribution in [1.29, 1.82) is 0 Å². The molecule has 0 aliphatic carbocycles. The normalized spacial score (nSPS) is 12.5. The van der Waals surface area contributed by atoms with E-state index in [9.17, 15) is 14.4 Å². The van der Waals surface area contributed by atoms with Crippen LogP contribution in [-0.4, -0.2) is 51.1 Å². The number of carbonyl (C=O) groups excluding carboxylic acids is 3. The summed E-state index contributed by atoms with van der Waals surface area (Å²) in [5.74, 6) is -0.850. The van der Waals surface area contributed by atoms with Crippen molar-refractivity contribution in [3.05, 3.63) is 59.9 Å². The van der Waals surface area contributed by atoms with E-state index in [-0.39, 0.29) is 18.1 Å². The number of esters is 1. The zero-order chi connectivity index (χ0) is 19.5. The quantitative estimate of drug-likeness (QED) is 0.515. The van der Waals surface area contributed by atoms with E-state index in [1.807, 2.05) is 0 Å². The Morgan fingerprint density at radius 3 is 2.68 bits per heavy atom. The van der Waals surface area contributed by atoms with Gasteiger partial charge in [0.1, 0.15) is 12.1 Å². The topological polar surface area (TPSA) is 125 Å². The predicted molar refractivity (Wildman–Crippen MR) is 94.3 cm³/mol. The maximum Gasteiger partial charge on any atom is 0.338 e. The molecule has 0 spiro atoms. The minimum Gasteiger partial charge on any atom is -0.482 e. The number of Topliss-reactive ketones (excluding diaryl/α,β-unsaturated/α-hetero) is 1. The number of anilines is 1. The number of carbonyl (C=O) groups is 3. The molecule has 0 fully saturated rings. The van der Waals surface area contributed by atoms with Gasteiger partial charge in [0, 0.05) is 5.56 Å². The van der Waals surface area contributed by atoms with Gasteiger partial charge in [0.05, 0.1) is 16.9 Å². The van der Waals surface area contributed by atoms with Crippen molar-refractivity contribution >= 4 is 23.3 Å². The van der Waals surface area contributed by atoms with Crippen LogP contribution in [0, 0.1) is 0 Å². The second-order valence-electron chi connectivity index (χ2n) is 5.85. The monoisotopic (exact) mass is 379 g/mol. The molecule has 0 atom stereocenters. The molecule has 28 heavy (non-hydrogen) atoms. The van der Waals surface area contributed by atoms with Crippen LogP contribution in [0.25, 0.3) is 5.69 Å². The van der Waals surface area contributed by atoms with E-state index in [0.29, 0.717) is 22.7 Å². The Morgan fingerprint density at radius 1 is 1.14 bits per heavy atom. The van der Waals surface area contributed by atoms with Crippen molar-refractivity contribution < 1.29 is 23.9 Å². The molecule has 0 radical (unpaired) electrons. The van der Waals surface area contributed by atoms with E-state index in [1.54, 1.807) is 36.4 Å². The van der Waals surface area contributed by atoms with Crippen molar-refractivity contribution in [3.8, 4) is 11.4 Å². The van der Waals surface area contributed by atoms with Gasteiger partial charge in [-0.25, -0.2) is 9.48 Å². The van der Waals surface area contributed by atoms with Gasteiger partial charge in [-0.05, 0) is 52.9 Å². The highest BCUT2D eigenvalue weighted by molar-refractivity contribution is 6.02. The molecule has 2 aromatic carbocycles. The van der Waals surface area contributed by atoms with Crippen LogP contribution in [0.1, 0.15) is 20.7 Å². The van der Waals surface area contributed by atoms with Crippen LogP contribution in [-0.2, 0) is 9.53 Å². The van der Waals surface area contributed by atoms with E-state index >= 15 is 0 Å². The number of benzene rings is 2. The summed E-state index contributed by atoms with van der Waals surface area (Å²) in [6, 6.07) is 11.0. The molecule has 1 aliphatic heterocycles. The van der Waals surface area contributed by atoms with Crippen LogP contribution in [0.3, 0.4) is 0 Å². The van der Waals surface area contributed by atoms with E-state index in [4.69, 9.17) is 9.47 Å². The first-order chi connectivity index (χ1) is 13.6. The Labute approximate surface area is 158 Å². The molecule has 10 heteroatoms. The molecular weight excluding hydrogens is 366 g/mol. The molecule has 1 N–H and O–H groups in total. The fourth-order valence-electron chi connectivity index (χ4n) is 2.58. The first-order valence-electron chi connectivity index (χ1n) is 8.20. The standard InChI is InChI=1S/C18H13N5O5/c24-15(12-3-6-16-14(7-12)20-17(25)9-27-16)8-28-18(26)11-1-4-13(5-2-11)23-10-19-21-22-23/h1-7,10H,8-9H2,(H,20,25). The summed E-state index contributed by atoms with van der Waals surface area (Å²) in [6.07, 6.45) is 1.43. The molecule has 0 saturated heterocycles. The van der Waals surface area contributed by atoms with Crippen molar-refractivity contribution in [2.24, 2.45) is 0 Å². The first-order valence-corrected chi connectivity index (χ1v) is 8.20.